The van der Waals surface area contributed by atoms with Gasteiger partial charge in [0.15, 0.2) is 0 Å². The maximum atomic E-state index is 11.4. The van der Waals surface area contributed by atoms with Crippen molar-refractivity contribution in [2.75, 3.05) is 13.4 Å². The number of esters is 1. The Morgan fingerprint density at radius 1 is 1.56 bits per heavy atom. The van der Waals surface area contributed by atoms with Gasteiger partial charge >= 0.3 is 11.7 Å². The van der Waals surface area contributed by atoms with Crippen molar-refractivity contribution in [1.82, 2.24) is 4.72 Å². The first kappa shape index (κ1) is 14.6. The Kier molecular flexibility index (Phi) is 6.40. The fraction of sp³-hybridized carbons (Fsp3) is 0.625. The van der Waals surface area contributed by atoms with Gasteiger partial charge in [-0.1, -0.05) is 0 Å². The molecule has 0 aromatic carbocycles. The van der Waals surface area contributed by atoms with E-state index in [-0.39, 0.29) is 6.42 Å². The highest BCUT2D eigenvalue weighted by molar-refractivity contribution is 7.82. The molecule has 0 aliphatic carbocycles. The van der Waals surface area contributed by atoms with Crippen molar-refractivity contribution >= 4 is 28.4 Å². The molecule has 0 rings (SSSR count). The van der Waals surface area contributed by atoms with Crippen LogP contribution in [-0.4, -0.2) is 45.9 Å². The number of carbonyl (C=O) groups is 2. The standard InChI is InChI=1S/C8H13N3O4S/c1-5(11-16(3)14)4-6(12)7(10-9)8(13)15-2/h5,11H,4H2,1-3H3/t5-,16+/m1/s1. The number of ether oxygens (including phenoxy) is 1. The van der Waals surface area contributed by atoms with Crippen LogP contribution in [0.15, 0.2) is 0 Å². The normalized spacial score (nSPS) is 13.4. The van der Waals surface area contributed by atoms with Gasteiger partial charge in [0.05, 0.1) is 18.1 Å². The number of hydrogen-bond donors (Lipinski definition) is 1. The third-order valence-corrected chi connectivity index (χ3v) is 2.34. The van der Waals surface area contributed by atoms with Crippen molar-refractivity contribution in [1.29, 1.82) is 0 Å². The van der Waals surface area contributed by atoms with E-state index in [1.807, 2.05) is 0 Å². The quantitative estimate of drug-likeness (QED) is 0.215. The molecule has 0 aromatic rings. The highest BCUT2D eigenvalue weighted by Gasteiger charge is 2.31. The largest absolute Gasteiger partial charge is 0.460 e. The number of rotatable bonds is 6. The molecule has 0 amide bonds. The van der Waals surface area contributed by atoms with E-state index in [0.29, 0.717) is 0 Å². The number of hydrogen-bond acceptors (Lipinski definition) is 4. The summed E-state index contributed by atoms with van der Waals surface area (Å²) in [5.74, 6) is -1.68. The fourth-order valence-electron chi connectivity index (χ4n) is 1.01. The molecular formula is C8H13N3O4S. The predicted molar refractivity (Wildman–Crippen MR) is 56.9 cm³/mol. The summed E-state index contributed by atoms with van der Waals surface area (Å²) in [6.07, 6.45) is 1.30. The van der Waals surface area contributed by atoms with Gasteiger partial charge in [0.25, 0.3) is 5.78 Å². The first-order valence-electron chi connectivity index (χ1n) is 4.35. The number of nitrogens with one attached hydrogen (secondary N) is 1. The van der Waals surface area contributed by atoms with E-state index in [1.54, 1.807) is 6.92 Å². The van der Waals surface area contributed by atoms with Crippen LogP contribution in [0.2, 0.25) is 0 Å². The van der Waals surface area contributed by atoms with Gasteiger partial charge in [0.2, 0.25) is 0 Å². The molecule has 0 saturated carbocycles. The summed E-state index contributed by atoms with van der Waals surface area (Å²) in [6.45, 7) is 1.62. The number of Topliss-reactive ketones (excluding diaryl/α,β-unsaturated/α-hetero) is 1. The minimum absolute atomic E-state index is 0.117. The van der Waals surface area contributed by atoms with Crippen LogP contribution in [0.3, 0.4) is 0 Å². The summed E-state index contributed by atoms with van der Waals surface area (Å²) in [5, 5.41) is 0. The van der Waals surface area contributed by atoms with Gasteiger partial charge in [-0.2, -0.15) is 4.79 Å². The molecule has 0 aliphatic rings. The van der Waals surface area contributed by atoms with E-state index in [4.69, 9.17) is 5.53 Å². The van der Waals surface area contributed by atoms with Gasteiger partial charge in [-0.25, -0.2) is 13.7 Å². The molecule has 7 nitrogen and oxygen atoms in total. The summed E-state index contributed by atoms with van der Waals surface area (Å²) in [7, 11) is -0.188. The molecule has 0 spiro atoms. The highest BCUT2D eigenvalue weighted by atomic mass is 32.2. The lowest BCUT2D eigenvalue weighted by Crippen LogP contribution is -2.34. The molecule has 0 saturated heterocycles. The Bertz CT molecular complexity index is 362. The number of ketones is 1. The van der Waals surface area contributed by atoms with Crippen LogP contribution in [0.1, 0.15) is 13.3 Å². The van der Waals surface area contributed by atoms with E-state index in [0.717, 1.165) is 7.11 Å². The van der Waals surface area contributed by atoms with Gasteiger partial charge in [0.1, 0.15) is 0 Å². The maximum Gasteiger partial charge on any atom is 0.441 e. The van der Waals surface area contributed by atoms with E-state index in [9.17, 15) is 13.8 Å². The molecular weight excluding hydrogens is 234 g/mol. The molecule has 0 aromatic heterocycles. The molecule has 0 aliphatic heterocycles. The van der Waals surface area contributed by atoms with Gasteiger partial charge < -0.3 is 10.3 Å². The average molecular weight is 247 g/mol. The second-order valence-electron chi connectivity index (χ2n) is 3.04. The molecule has 8 heteroatoms. The third kappa shape index (κ3) is 4.92. The van der Waals surface area contributed by atoms with Crippen molar-refractivity contribution < 1.29 is 23.3 Å². The van der Waals surface area contributed by atoms with Crippen LogP contribution >= 0.6 is 0 Å². The molecule has 0 unspecified atom stereocenters. The topological polar surface area (TPSA) is 109 Å². The Morgan fingerprint density at radius 2 is 2.12 bits per heavy atom. The number of nitrogens with zero attached hydrogens (tertiary/aromatic N) is 2. The Balaban J connectivity index is 4.51. The van der Waals surface area contributed by atoms with Crippen LogP contribution < -0.4 is 4.72 Å². The zero-order valence-corrected chi connectivity index (χ0v) is 10.0. The van der Waals surface area contributed by atoms with Gasteiger partial charge in [-0.05, 0) is 6.92 Å². The highest BCUT2D eigenvalue weighted by Crippen LogP contribution is 1.95. The van der Waals surface area contributed by atoms with Crippen LogP contribution in [0.25, 0.3) is 5.53 Å². The minimum Gasteiger partial charge on any atom is -0.460 e. The lowest BCUT2D eigenvalue weighted by atomic mass is 10.1. The van der Waals surface area contributed by atoms with Gasteiger partial charge in [-0.15, -0.1) is 0 Å². The Hall–Kier alpha value is -1.37. The van der Waals surface area contributed by atoms with Gasteiger partial charge in [-0.3, -0.25) is 4.79 Å². The van der Waals surface area contributed by atoms with Crippen LogP contribution in [0, 0.1) is 0 Å². The zero-order chi connectivity index (χ0) is 12.7. The second-order valence-corrected chi connectivity index (χ2v) is 4.18. The Morgan fingerprint density at radius 3 is 2.50 bits per heavy atom. The first-order chi connectivity index (χ1) is 7.42. The summed E-state index contributed by atoms with van der Waals surface area (Å²) in [4.78, 5) is 25.0. The zero-order valence-electron chi connectivity index (χ0n) is 9.22. The van der Waals surface area contributed by atoms with Gasteiger partial charge in [0, 0.05) is 18.7 Å². The van der Waals surface area contributed by atoms with Crippen molar-refractivity contribution in [2.24, 2.45) is 0 Å². The molecule has 1 N–H and O–H groups in total. The van der Waals surface area contributed by atoms with Crippen LogP contribution in [0.5, 0.6) is 0 Å². The van der Waals surface area contributed by atoms with E-state index >= 15 is 0 Å². The van der Waals surface area contributed by atoms with Crippen LogP contribution in [0.4, 0.5) is 0 Å². The molecule has 90 valence electrons. The van der Waals surface area contributed by atoms with Crippen LogP contribution in [-0.2, 0) is 25.3 Å². The lowest BCUT2D eigenvalue weighted by molar-refractivity contribution is -0.139. The van der Waals surface area contributed by atoms with Crippen molar-refractivity contribution in [2.45, 2.75) is 19.4 Å². The van der Waals surface area contributed by atoms with Crippen molar-refractivity contribution in [3.8, 4) is 0 Å². The molecule has 0 heterocycles. The number of carbonyl (C=O) groups excluding carboxylic acids is 2. The van der Waals surface area contributed by atoms with Crippen molar-refractivity contribution in [3.05, 3.63) is 5.53 Å². The molecule has 0 radical (unpaired) electrons. The first-order valence-corrected chi connectivity index (χ1v) is 5.91. The van der Waals surface area contributed by atoms with E-state index < -0.39 is 34.5 Å². The molecule has 16 heavy (non-hydrogen) atoms. The summed E-state index contributed by atoms with van der Waals surface area (Å²) in [6, 6.07) is -0.403. The van der Waals surface area contributed by atoms with E-state index in [2.05, 4.69) is 14.2 Å². The van der Waals surface area contributed by atoms with E-state index in [1.165, 1.54) is 6.26 Å². The Labute approximate surface area is 95.4 Å². The molecule has 0 fully saturated rings. The van der Waals surface area contributed by atoms with Crippen molar-refractivity contribution in [3.63, 3.8) is 0 Å². The monoisotopic (exact) mass is 247 g/mol. The fourth-order valence-corrected chi connectivity index (χ4v) is 1.66. The summed E-state index contributed by atoms with van der Waals surface area (Å²) in [5.41, 5.74) is 7.81. The summed E-state index contributed by atoms with van der Waals surface area (Å²) >= 11 is 0. The minimum atomic E-state index is -1.26. The third-order valence-electron chi connectivity index (χ3n) is 1.60. The summed E-state index contributed by atoms with van der Waals surface area (Å²) < 4.78 is 17.6. The molecule has 2 atom stereocenters. The maximum absolute atomic E-state index is 11.4. The number of methoxy groups -OCH3 is 1. The molecule has 0 bridgehead atoms. The second kappa shape index (κ2) is 7.00. The predicted octanol–water partition coefficient (Wildman–Crippen LogP) is -0.939. The SMILES string of the molecule is COC(=O)C(=[N+]=[N-])C(=O)C[C@@H](C)N[S@](C)=O. The smallest absolute Gasteiger partial charge is 0.441 e. The lowest BCUT2D eigenvalue weighted by Gasteiger charge is -2.07. The average Bonchev–Trinajstić information content (AvgIpc) is 2.16.